The van der Waals surface area contributed by atoms with Crippen LogP contribution in [0.3, 0.4) is 0 Å². The zero-order valence-corrected chi connectivity index (χ0v) is 10.3. The molecule has 1 aliphatic rings. The normalized spacial score (nSPS) is 20.1. The molecule has 4 nitrogen and oxygen atoms in total. The number of nitrogens with two attached hydrogens (primary N) is 1. The second-order valence-corrected chi connectivity index (χ2v) is 4.94. The molecule has 88 valence electrons. The van der Waals surface area contributed by atoms with Gasteiger partial charge < -0.3 is 10.6 Å². The van der Waals surface area contributed by atoms with E-state index in [1.165, 1.54) is 0 Å². The van der Waals surface area contributed by atoms with Gasteiger partial charge in [0.1, 0.15) is 0 Å². The average Bonchev–Trinajstić information content (AvgIpc) is 2.13. The van der Waals surface area contributed by atoms with Gasteiger partial charge in [0.25, 0.3) is 0 Å². The molecule has 0 atom stereocenters. The van der Waals surface area contributed by atoms with Crippen molar-refractivity contribution in [1.29, 1.82) is 0 Å². The number of likely N-dealkylation sites (N-methyl/N-ethyl adjacent to an activating group) is 1. The lowest BCUT2D eigenvalue weighted by molar-refractivity contribution is -0.133. The number of hydrogen-bond donors (Lipinski definition) is 1. The summed E-state index contributed by atoms with van der Waals surface area (Å²) in [4.78, 5) is 15.5. The number of carbonyl (C=O) groups excluding carboxylic acids is 1. The molecule has 15 heavy (non-hydrogen) atoms. The number of likely N-dealkylation sites (tertiary alicyclic amines) is 1. The summed E-state index contributed by atoms with van der Waals surface area (Å²) in [5, 5.41) is 0. The Bertz CT molecular complexity index is 234. The van der Waals surface area contributed by atoms with Crippen molar-refractivity contribution in [3.05, 3.63) is 0 Å². The Kier molecular flexibility index (Phi) is 3.73. The lowest BCUT2D eigenvalue weighted by Crippen LogP contribution is -2.70. The van der Waals surface area contributed by atoms with E-state index in [0.29, 0.717) is 12.5 Å². The summed E-state index contributed by atoms with van der Waals surface area (Å²) in [6, 6.07) is 0. The Balaban J connectivity index is 2.32. The predicted octanol–water partition coefficient (Wildman–Crippen LogP) is 0.134. The summed E-state index contributed by atoms with van der Waals surface area (Å²) in [6.45, 7) is 9.21. The molecule has 1 fully saturated rings. The first kappa shape index (κ1) is 12.5. The predicted molar refractivity (Wildman–Crippen MR) is 61.5 cm³/mol. The highest BCUT2D eigenvalue weighted by Crippen LogP contribution is 2.25. The van der Waals surface area contributed by atoms with Crippen molar-refractivity contribution in [2.24, 2.45) is 11.7 Å². The molecule has 1 heterocycles. The molecule has 0 aromatic carbocycles. The van der Waals surface area contributed by atoms with Crippen molar-refractivity contribution in [3.8, 4) is 0 Å². The second-order valence-electron chi connectivity index (χ2n) is 4.94. The Hall–Kier alpha value is -0.610. The third-order valence-corrected chi connectivity index (χ3v) is 3.44. The molecule has 0 radical (unpaired) electrons. The maximum atomic E-state index is 11.6. The molecule has 1 amide bonds. The molecule has 0 saturated carbocycles. The van der Waals surface area contributed by atoms with Gasteiger partial charge in [-0.2, -0.15) is 0 Å². The van der Waals surface area contributed by atoms with Crippen LogP contribution in [0, 0.1) is 5.92 Å². The van der Waals surface area contributed by atoms with Crippen LogP contribution in [0.15, 0.2) is 0 Å². The van der Waals surface area contributed by atoms with Gasteiger partial charge in [0.2, 0.25) is 5.91 Å². The molecule has 4 heteroatoms. The number of carbonyl (C=O) groups is 1. The summed E-state index contributed by atoms with van der Waals surface area (Å²) in [6.07, 6.45) is 0. The molecule has 1 saturated heterocycles. The van der Waals surface area contributed by atoms with E-state index in [1.807, 2.05) is 14.0 Å². The van der Waals surface area contributed by atoms with Crippen molar-refractivity contribution in [2.75, 3.05) is 33.2 Å². The Morgan fingerprint density at radius 3 is 2.47 bits per heavy atom. The maximum absolute atomic E-state index is 11.6. The minimum Gasteiger partial charge on any atom is -0.345 e. The highest BCUT2D eigenvalue weighted by molar-refractivity contribution is 5.78. The fourth-order valence-electron chi connectivity index (χ4n) is 1.75. The molecule has 0 bridgehead atoms. The van der Waals surface area contributed by atoms with Gasteiger partial charge in [-0.3, -0.25) is 9.69 Å². The fraction of sp³-hybridized carbons (Fsp3) is 0.909. The molecule has 0 spiro atoms. The van der Waals surface area contributed by atoms with Crippen molar-refractivity contribution in [1.82, 2.24) is 9.80 Å². The Morgan fingerprint density at radius 1 is 1.53 bits per heavy atom. The topological polar surface area (TPSA) is 49.6 Å². The van der Waals surface area contributed by atoms with E-state index in [1.54, 1.807) is 4.90 Å². The van der Waals surface area contributed by atoms with Gasteiger partial charge in [0.05, 0.1) is 6.54 Å². The van der Waals surface area contributed by atoms with Crippen LogP contribution in [0.4, 0.5) is 0 Å². The Morgan fingerprint density at radius 2 is 2.07 bits per heavy atom. The molecular formula is C11H23N3O. The van der Waals surface area contributed by atoms with E-state index >= 15 is 0 Å². The summed E-state index contributed by atoms with van der Waals surface area (Å²) in [5.74, 6) is 0.663. The quantitative estimate of drug-likeness (QED) is 0.722. The summed E-state index contributed by atoms with van der Waals surface area (Å²) in [7, 11) is 1.83. The number of hydrogen-bond acceptors (Lipinski definition) is 3. The van der Waals surface area contributed by atoms with Crippen LogP contribution in [0.25, 0.3) is 0 Å². The van der Waals surface area contributed by atoms with E-state index in [-0.39, 0.29) is 11.4 Å². The maximum Gasteiger partial charge on any atom is 0.236 e. The first-order valence-corrected chi connectivity index (χ1v) is 5.64. The summed E-state index contributed by atoms with van der Waals surface area (Å²) < 4.78 is 0. The van der Waals surface area contributed by atoms with E-state index in [4.69, 9.17) is 5.73 Å². The summed E-state index contributed by atoms with van der Waals surface area (Å²) >= 11 is 0. The first-order chi connectivity index (χ1) is 6.89. The molecule has 2 N–H and O–H groups in total. The Labute approximate surface area is 92.4 Å². The van der Waals surface area contributed by atoms with Crippen molar-refractivity contribution < 1.29 is 4.79 Å². The van der Waals surface area contributed by atoms with Gasteiger partial charge in [-0.15, -0.1) is 0 Å². The van der Waals surface area contributed by atoms with Crippen LogP contribution in [0.5, 0.6) is 0 Å². The van der Waals surface area contributed by atoms with E-state index < -0.39 is 0 Å². The number of rotatable bonds is 4. The van der Waals surface area contributed by atoms with Crippen LogP contribution in [-0.4, -0.2) is 54.5 Å². The third kappa shape index (κ3) is 2.69. The van der Waals surface area contributed by atoms with E-state index in [9.17, 15) is 4.79 Å². The van der Waals surface area contributed by atoms with Crippen LogP contribution in [0.1, 0.15) is 20.8 Å². The van der Waals surface area contributed by atoms with Crippen LogP contribution in [-0.2, 0) is 4.79 Å². The SMILES string of the molecule is CCN(C)C(=O)CN1CC(N)(C(C)C)C1. The average molecular weight is 213 g/mol. The van der Waals surface area contributed by atoms with Gasteiger partial charge in [0, 0.05) is 32.2 Å². The van der Waals surface area contributed by atoms with Crippen LogP contribution < -0.4 is 5.73 Å². The van der Waals surface area contributed by atoms with Crippen LogP contribution >= 0.6 is 0 Å². The molecule has 0 aromatic rings. The lowest BCUT2D eigenvalue weighted by Gasteiger charge is -2.50. The van der Waals surface area contributed by atoms with Gasteiger partial charge in [-0.05, 0) is 12.8 Å². The molecule has 0 aliphatic carbocycles. The third-order valence-electron chi connectivity index (χ3n) is 3.44. The van der Waals surface area contributed by atoms with Gasteiger partial charge in [-0.25, -0.2) is 0 Å². The molecule has 1 rings (SSSR count). The zero-order chi connectivity index (χ0) is 11.6. The van der Waals surface area contributed by atoms with Crippen molar-refractivity contribution >= 4 is 5.91 Å². The lowest BCUT2D eigenvalue weighted by atomic mass is 9.80. The largest absolute Gasteiger partial charge is 0.345 e. The van der Waals surface area contributed by atoms with Gasteiger partial charge in [-0.1, -0.05) is 13.8 Å². The highest BCUT2D eigenvalue weighted by atomic mass is 16.2. The number of nitrogens with zero attached hydrogens (tertiary/aromatic N) is 2. The molecule has 0 aromatic heterocycles. The fourth-order valence-corrected chi connectivity index (χ4v) is 1.75. The van der Waals surface area contributed by atoms with Gasteiger partial charge in [0.15, 0.2) is 0 Å². The molecule has 1 aliphatic heterocycles. The minimum absolute atomic E-state index is 0.0783. The van der Waals surface area contributed by atoms with Gasteiger partial charge >= 0.3 is 0 Å². The highest BCUT2D eigenvalue weighted by Gasteiger charge is 2.42. The van der Waals surface area contributed by atoms with Crippen molar-refractivity contribution in [3.63, 3.8) is 0 Å². The minimum atomic E-state index is -0.0783. The standard InChI is InChI=1S/C11H23N3O/c1-5-13(4)10(15)6-14-7-11(12,8-14)9(2)3/h9H,5-8,12H2,1-4H3. The molecular weight excluding hydrogens is 190 g/mol. The van der Waals surface area contributed by atoms with Crippen LogP contribution in [0.2, 0.25) is 0 Å². The first-order valence-electron chi connectivity index (χ1n) is 5.64. The second kappa shape index (κ2) is 4.49. The monoisotopic (exact) mass is 213 g/mol. The van der Waals surface area contributed by atoms with E-state index in [0.717, 1.165) is 19.6 Å². The smallest absolute Gasteiger partial charge is 0.236 e. The van der Waals surface area contributed by atoms with Crippen molar-refractivity contribution in [2.45, 2.75) is 26.3 Å². The zero-order valence-electron chi connectivity index (χ0n) is 10.3. The number of amides is 1. The molecule has 0 unspecified atom stereocenters. The summed E-state index contributed by atoms with van der Waals surface area (Å²) in [5.41, 5.74) is 6.08. The van der Waals surface area contributed by atoms with E-state index in [2.05, 4.69) is 18.7 Å².